The van der Waals surface area contributed by atoms with Crippen LogP contribution in [0.3, 0.4) is 0 Å². The van der Waals surface area contributed by atoms with E-state index in [1.54, 1.807) is 0 Å². The van der Waals surface area contributed by atoms with Gasteiger partial charge in [0.25, 0.3) is 0 Å². The third kappa shape index (κ3) is 3.55. The van der Waals surface area contributed by atoms with E-state index in [4.69, 9.17) is 9.84 Å². The fourth-order valence-electron chi connectivity index (χ4n) is 3.70. The van der Waals surface area contributed by atoms with E-state index in [-0.39, 0.29) is 0 Å². The Kier molecular flexibility index (Phi) is 4.67. The average Bonchev–Trinajstić information content (AvgIpc) is 3.36. The Labute approximate surface area is 144 Å². The molecule has 4 rings (SSSR count). The van der Waals surface area contributed by atoms with E-state index >= 15 is 0 Å². The molecule has 24 heavy (non-hydrogen) atoms. The van der Waals surface area contributed by atoms with Gasteiger partial charge in [-0.25, -0.2) is 4.68 Å². The highest BCUT2D eigenvalue weighted by molar-refractivity contribution is 5.30. The average molecular weight is 325 g/mol. The third-order valence-electron chi connectivity index (χ3n) is 5.14. The molecule has 0 spiro atoms. The van der Waals surface area contributed by atoms with Crippen LogP contribution in [0.5, 0.6) is 0 Å². The molecular weight excluding hydrogens is 298 g/mol. The minimum atomic E-state index is 0.554. The van der Waals surface area contributed by atoms with Gasteiger partial charge >= 0.3 is 0 Å². The van der Waals surface area contributed by atoms with Crippen LogP contribution in [0.4, 0.5) is 0 Å². The maximum atomic E-state index is 5.92. The van der Waals surface area contributed by atoms with Crippen molar-refractivity contribution in [3.05, 3.63) is 52.8 Å². The fourth-order valence-corrected chi connectivity index (χ4v) is 3.70. The van der Waals surface area contributed by atoms with E-state index in [0.29, 0.717) is 19.4 Å². The van der Waals surface area contributed by atoms with Crippen LogP contribution in [0, 0.1) is 0 Å². The minimum absolute atomic E-state index is 0.554. The van der Waals surface area contributed by atoms with E-state index in [1.165, 1.54) is 41.8 Å². The molecule has 0 saturated heterocycles. The predicted molar refractivity (Wildman–Crippen MR) is 94.8 cm³/mol. The summed E-state index contributed by atoms with van der Waals surface area (Å²) >= 11 is 0. The van der Waals surface area contributed by atoms with Crippen molar-refractivity contribution in [3.63, 3.8) is 0 Å². The SMILES string of the molecule is CCc1nn(COCc2ccccc2)c2c1CC(NC1CC1)CC2. The number of fused-ring (bicyclic) bond motifs is 1. The molecule has 4 nitrogen and oxygen atoms in total. The smallest absolute Gasteiger partial charge is 0.140 e. The van der Waals surface area contributed by atoms with Crippen molar-refractivity contribution in [2.75, 3.05) is 0 Å². The Morgan fingerprint density at radius 2 is 2.00 bits per heavy atom. The lowest BCUT2D eigenvalue weighted by Crippen LogP contribution is -2.36. The molecule has 1 aromatic carbocycles. The molecular formula is C20H27N3O. The summed E-state index contributed by atoms with van der Waals surface area (Å²) in [7, 11) is 0. The van der Waals surface area contributed by atoms with Gasteiger partial charge in [0.1, 0.15) is 6.73 Å². The number of nitrogens with one attached hydrogen (secondary N) is 1. The van der Waals surface area contributed by atoms with Gasteiger partial charge in [-0.1, -0.05) is 37.3 Å². The molecule has 1 aromatic heterocycles. The number of ether oxygens (including phenoxy) is 1. The van der Waals surface area contributed by atoms with Gasteiger partial charge in [0, 0.05) is 17.8 Å². The van der Waals surface area contributed by atoms with Gasteiger partial charge in [0.15, 0.2) is 0 Å². The molecule has 2 aliphatic carbocycles. The monoisotopic (exact) mass is 325 g/mol. The number of benzene rings is 1. The van der Waals surface area contributed by atoms with Crippen LogP contribution in [-0.2, 0) is 37.3 Å². The normalized spacial score (nSPS) is 20.1. The first-order valence-corrected chi connectivity index (χ1v) is 9.28. The molecule has 1 heterocycles. The molecule has 1 N–H and O–H groups in total. The molecule has 1 unspecified atom stereocenters. The Balaban J connectivity index is 1.41. The van der Waals surface area contributed by atoms with E-state index in [2.05, 4.69) is 41.2 Å². The van der Waals surface area contributed by atoms with Crippen LogP contribution >= 0.6 is 0 Å². The molecule has 2 aromatic rings. The number of nitrogens with zero attached hydrogens (tertiary/aromatic N) is 2. The highest BCUT2D eigenvalue weighted by Crippen LogP contribution is 2.28. The second kappa shape index (κ2) is 7.08. The molecule has 1 saturated carbocycles. The molecule has 0 aliphatic heterocycles. The first kappa shape index (κ1) is 15.9. The van der Waals surface area contributed by atoms with Crippen molar-refractivity contribution in [1.29, 1.82) is 0 Å². The van der Waals surface area contributed by atoms with Crippen molar-refractivity contribution in [3.8, 4) is 0 Å². The van der Waals surface area contributed by atoms with Crippen LogP contribution in [0.1, 0.15) is 48.7 Å². The van der Waals surface area contributed by atoms with Crippen LogP contribution < -0.4 is 5.32 Å². The first-order valence-electron chi connectivity index (χ1n) is 9.28. The van der Waals surface area contributed by atoms with Crippen LogP contribution in [0.25, 0.3) is 0 Å². The summed E-state index contributed by atoms with van der Waals surface area (Å²) in [5.41, 5.74) is 5.34. The summed E-state index contributed by atoms with van der Waals surface area (Å²) in [5.74, 6) is 0. The number of hydrogen-bond donors (Lipinski definition) is 1. The van der Waals surface area contributed by atoms with Crippen molar-refractivity contribution < 1.29 is 4.74 Å². The molecule has 2 aliphatic rings. The Bertz CT molecular complexity index is 676. The van der Waals surface area contributed by atoms with E-state index < -0.39 is 0 Å². The highest BCUT2D eigenvalue weighted by Gasteiger charge is 2.30. The zero-order valence-electron chi connectivity index (χ0n) is 14.5. The molecule has 0 amide bonds. The summed E-state index contributed by atoms with van der Waals surface area (Å²) in [5, 5.41) is 8.63. The fraction of sp³-hybridized carbons (Fsp3) is 0.550. The molecule has 1 fully saturated rings. The minimum Gasteiger partial charge on any atom is -0.355 e. The lowest BCUT2D eigenvalue weighted by Gasteiger charge is -2.24. The van der Waals surface area contributed by atoms with Crippen molar-refractivity contribution >= 4 is 0 Å². The van der Waals surface area contributed by atoms with Gasteiger partial charge in [-0.2, -0.15) is 5.10 Å². The summed E-state index contributed by atoms with van der Waals surface area (Å²) in [6, 6.07) is 11.8. The topological polar surface area (TPSA) is 39.1 Å². The highest BCUT2D eigenvalue weighted by atomic mass is 16.5. The van der Waals surface area contributed by atoms with Crippen molar-refractivity contribution in [2.45, 2.75) is 70.9 Å². The summed E-state index contributed by atoms with van der Waals surface area (Å²) in [6.45, 7) is 3.40. The number of rotatable bonds is 7. The Hall–Kier alpha value is -1.65. The van der Waals surface area contributed by atoms with Crippen LogP contribution in [-0.4, -0.2) is 21.9 Å². The van der Waals surface area contributed by atoms with Crippen molar-refractivity contribution in [1.82, 2.24) is 15.1 Å². The number of aromatic nitrogens is 2. The largest absolute Gasteiger partial charge is 0.355 e. The van der Waals surface area contributed by atoms with Gasteiger partial charge < -0.3 is 10.1 Å². The third-order valence-corrected chi connectivity index (χ3v) is 5.14. The lowest BCUT2D eigenvalue weighted by atomic mass is 9.91. The maximum Gasteiger partial charge on any atom is 0.140 e. The van der Waals surface area contributed by atoms with Crippen LogP contribution in [0.2, 0.25) is 0 Å². The second-order valence-corrected chi connectivity index (χ2v) is 7.07. The zero-order chi connectivity index (χ0) is 16.4. The Morgan fingerprint density at radius 1 is 1.17 bits per heavy atom. The van der Waals surface area contributed by atoms with Crippen LogP contribution in [0.15, 0.2) is 30.3 Å². The molecule has 128 valence electrons. The van der Waals surface area contributed by atoms with Gasteiger partial charge in [-0.3, -0.25) is 0 Å². The van der Waals surface area contributed by atoms with Gasteiger partial charge in [-0.05, 0) is 49.7 Å². The standard InChI is InChI=1S/C20H27N3O/c1-2-19-18-12-17(21-16-8-9-16)10-11-20(18)23(22-19)14-24-13-15-6-4-3-5-7-15/h3-7,16-17,21H,2,8-14H2,1H3. The Morgan fingerprint density at radius 3 is 2.75 bits per heavy atom. The first-order chi connectivity index (χ1) is 11.8. The van der Waals surface area contributed by atoms with Gasteiger partial charge in [-0.15, -0.1) is 0 Å². The summed E-state index contributed by atoms with van der Waals surface area (Å²) in [6.07, 6.45) is 7.18. The maximum absolute atomic E-state index is 5.92. The van der Waals surface area contributed by atoms with Gasteiger partial charge in [0.05, 0.1) is 12.3 Å². The number of hydrogen-bond acceptors (Lipinski definition) is 3. The molecule has 1 atom stereocenters. The van der Waals surface area contributed by atoms with E-state index in [9.17, 15) is 0 Å². The lowest BCUT2D eigenvalue weighted by molar-refractivity contribution is 0.0536. The molecule has 4 heteroatoms. The quantitative estimate of drug-likeness (QED) is 0.849. The van der Waals surface area contributed by atoms with Gasteiger partial charge in [0.2, 0.25) is 0 Å². The number of aryl methyl sites for hydroxylation is 1. The summed E-state index contributed by atoms with van der Waals surface area (Å²) in [4.78, 5) is 0. The second-order valence-electron chi connectivity index (χ2n) is 7.07. The molecule has 0 radical (unpaired) electrons. The summed E-state index contributed by atoms with van der Waals surface area (Å²) < 4.78 is 8.02. The van der Waals surface area contributed by atoms with E-state index in [0.717, 1.165) is 25.3 Å². The van der Waals surface area contributed by atoms with Crippen molar-refractivity contribution in [2.24, 2.45) is 0 Å². The zero-order valence-corrected chi connectivity index (χ0v) is 14.5. The predicted octanol–water partition coefficient (Wildman–Crippen LogP) is 3.23. The molecule has 0 bridgehead atoms. The van der Waals surface area contributed by atoms with E-state index in [1.807, 2.05) is 6.07 Å².